The van der Waals surface area contributed by atoms with Crippen molar-refractivity contribution in [1.82, 2.24) is 5.32 Å². The van der Waals surface area contributed by atoms with Gasteiger partial charge in [0.15, 0.2) is 0 Å². The fourth-order valence-electron chi connectivity index (χ4n) is 1.84. The molecule has 1 aliphatic rings. The molecule has 0 spiro atoms. The summed E-state index contributed by atoms with van der Waals surface area (Å²) in [4.78, 5) is 0. The highest BCUT2D eigenvalue weighted by molar-refractivity contribution is 6.30. The van der Waals surface area contributed by atoms with Gasteiger partial charge in [-0.15, -0.1) is 0 Å². The molecule has 0 bridgehead atoms. The maximum absolute atomic E-state index is 9.72. The fourth-order valence-corrected chi connectivity index (χ4v) is 1.97. The molecule has 0 aromatic heterocycles. The van der Waals surface area contributed by atoms with Crippen LogP contribution < -0.4 is 10.1 Å². The summed E-state index contributed by atoms with van der Waals surface area (Å²) < 4.78 is 5.43. The average Bonchev–Trinajstić information content (AvgIpc) is 2.32. The Labute approximate surface area is 112 Å². The summed E-state index contributed by atoms with van der Waals surface area (Å²) in [5.74, 6) is 0.692. The van der Waals surface area contributed by atoms with Gasteiger partial charge in [0.1, 0.15) is 18.5 Å². The smallest absolute Gasteiger partial charge is 0.119 e. The van der Waals surface area contributed by atoms with Crippen LogP contribution in [0, 0.1) is 0 Å². The maximum atomic E-state index is 9.72. The van der Waals surface area contributed by atoms with Crippen LogP contribution in [0.15, 0.2) is 24.3 Å². The Morgan fingerprint density at radius 3 is 2.61 bits per heavy atom. The molecule has 4 nitrogen and oxygen atoms in total. The largest absolute Gasteiger partial charge is 0.491 e. The van der Waals surface area contributed by atoms with E-state index in [2.05, 4.69) is 5.32 Å². The second kappa shape index (κ2) is 6.38. The summed E-state index contributed by atoms with van der Waals surface area (Å²) in [6.07, 6.45) is 0.804. The molecule has 0 radical (unpaired) electrons. The van der Waals surface area contributed by atoms with Crippen molar-refractivity contribution >= 4 is 11.6 Å². The zero-order chi connectivity index (χ0) is 13.0. The molecule has 3 N–H and O–H groups in total. The van der Waals surface area contributed by atoms with Crippen molar-refractivity contribution in [3.05, 3.63) is 29.3 Å². The van der Waals surface area contributed by atoms with Gasteiger partial charge in [-0.1, -0.05) is 11.6 Å². The molecule has 5 heteroatoms. The number of hydrogen-bond donors (Lipinski definition) is 3. The third-order valence-corrected chi connectivity index (χ3v) is 3.26. The number of ether oxygens (including phenoxy) is 1. The zero-order valence-corrected chi connectivity index (χ0v) is 10.8. The minimum Gasteiger partial charge on any atom is -0.491 e. The van der Waals surface area contributed by atoms with Crippen LogP contribution in [0.2, 0.25) is 5.02 Å². The first-order valence-electron chi connectivity index (χ1n) is 6.11. The van der Waals surface area contributed by atoms with Gasteiger partial charge in [-0.05, 0) is 37.1 Å². The molecule has 1 unspecified atom stereocenters. The predicted molar refractivity (Wildman–Crippen MR) is 70.0 cm³/mol. The van der Waals surface area contributed by atoms with Crippen molar-refractivity contribution in [3.8, 4) is 5.75 Å². The number of aliphatic hydroxyl groups excluding tert-OH is 2. The van der Waals surface area contributed by atoms with Gasteiger partial charge in [0, 0.05) is 17.6 Å². The number of aliphatic hydroxyl groups is 2. The van der Waals surface area contributed by atoms with E-state index in [0.29, 0.717) is 23.4 Å². The monoisotopic (exact) mass is 271 g/mol. The molecule has 0 aliphatic heterocycles. The number of nitrogens with one attached hydrogen (secondary N) is 1. The second-order valence-corrected chi connectivity index (χ2v) is 5.09. The SMILES string of the molecule is OC(CNC1CC(O)C1)COc1ccc(Cl)cc1. The van der Waals surface area contributed by atoms with Gasteiger partial charge in [0.2, 0.25) is 0 Å². The Balaban J connectivity index is 1.62. The third-order valence-electron chi connectivity index (χ3n) is 3.01. The highest BCUT2D eigenvalue weighted by atomic mass is 35.5. The third kappa shape index (κ3) is 4.14. The van der Waals surface area contributed by atoms with Crippen LogP contribution in [0.5, 0.6) is 5.75 Å². The summed E-state index contributed by atoms with van der Waals surface area (Å²) in [6, 6.07) is 7.36. The molecular weight excluding hydrogens is 254 g/mol. The lowest BCUT2D eigenvalue weighted by atomic mass is 9.89. The van der Waals surface area contributed by atoms with Crippen molar-refractivity contribution in [2.75, 3.05) is 13.2 Å². The molecular formula is C13H18ClNO3. The quantitative estimate of drug-likeness (QED) is 0.727. The predicted octanol–water partition coefficient (Wildman–Crippen LogP) is 1.19. The first kappa shape index (κ1) is 13.6. The summed E-state index contributed by atoms with van der Waals surface area (Å²) in [7, 11) is 0. The minimum absolute atomic E-state index is 0.176. The van der Waals surface area contributed by atoms with Crippen LogP contribution in [0.4, 0.5) is 0 Å². The lowest BCUT2D eigenvalue weighted by Gasteiger charge is -2.32. The molecule has 0 amide bonds. The van der Waals surface area contributed by atoms with E-state index in [1.165, 1.54) is 0 Å². The first-order chi connectivity index (χ1) is 8.63. The van der Waals surface area contributed by atoms with E-state index in [4.69, 9.17) is 21.4 Å². The van der Waals surface area contributed by atoms with Crippen LogP contribution in [0.1, 0.15) is 12.8 Å². The van der Waals surface area contributed by atoms with E-state index in [0.717, 1.165) is 12.8 Å². The average molecular weight is 272 g/mol. The Bertz CT molecular complexity index is 365. The van der Waals surface area contributed by atoms with Crippen molar-refractivity contribution in [3.63, 3.8) is 0 Å². The summed E-state index contributed by atoms with van der Waals surface area (Å²) in [5.41, 5.74) is 0. The molecule has 1 saturated carbocycles. The molecule has 2 rings (SSSR count). The molecule has 0 saturated heterocycles. The first-order valence-corrected chi connectivity index (χ1v) is 6.49. The molecule has 1 aromatic carbocycles. The molecule has 1 aromatic rings. The minimum atomic E-state index is -0.557. The van der Waals surface area contributed by atoms with Crippen molar-refractivity contribution in [2.45, 2.75) is 31.1 Å². The van der Waals surface area contributed by atoms with E-state index in [1.807, 2.05) is 0 Å². The lowest BCUT2D eigenvalue weighted by molar-refractivity contribution is 0.0488. The standard InChI is InChI=1S/C13H18ClNO3/c14-9-1-3-13(4-2-9)18-8-12(17)7-15-10-5-11(16)6-10/h1-4,10-12,15-17H,5-8H2. The van der Waals surface area contributed by atoms with E-state index < -0.39 is 6.10 Å². The number of rotatable bonds is 6. The zero-order valence-electron chi connectivity index (χ0n) is 10.1. The molecule has 1 aliphatic carbocycles. The van der Waals surface area contributed by atoms with Crippen molar-refractivity contribution < 1.29 is 14.9 Å². The summed E-state index contributed by atoms with van der Waals surface area (Å²) >= 11 is 5.76. The maximum Gasteiger partial charge on any atom is 0.119 e. The van der Waals surface area contributed by atoms with Crippen LogP contribution in [0.25, 0.3) is 0 Å². The number of halogens is 1. The molecule has 1 fully saturated rings. The van der Waals surface area contributed by atoms with Crippen LogP contribution in [-0.4, -0.2) is 41.6 Å². The highest BCUT2D eigenvalue weighted by Gasteiger charge is 2.26. The highest BCUT2D eigenvalue weighted by Crippen LogP contribution is 2.19. The summed E-state index contributed by atoms with van der Waals surface area (Å²) in [5, 5.41) is 22.7. The van der Waals surface area contributed by atoms with Gasteiger partial charge in [-0.25, -0.2) is 0 Å². The van der Waals surface area contributed by atoms with Gasteiger partial charge in [0.05, 0.1) is 6.10 Å². The Morgan fingerprint density at radius 2 is 2.00 bits per heavy atom. The topological polar surface area (TPSA) is 61.7 Å². The normalized spacial score (nSPS) is 24.4. The van der Waals surface area contributed by atoms with Gasteiger partial charge >= 0.3 is 0 Å². The van der Waals surface area contributed by atoms with Gasteiger partial charge in [-0.2, -0.15) is 0 Å². The van der Waals surface area contributed by atoms with Crippen LogP contribution in [0.3, 0.4) is 0 Å². The Morgan fingerprint density at radius 1 is 1.33 bits per heavy atom. The van der Waals surface area contributed by atoms with E-state index in [1.54, 1.807) is 24.3 Å². The Hall–Kier alpha value is -0.810. The molecule has 100 valence electrons. The summed E-state index contributed by atoms with van der Waals surface area (Å²) in [6.45, 7) is 0.717. The van der Waals surface area contributed by atoms with E-state index in [9.17, 15) is 5.11 Å². The molecule has 1 atom stereocenters. The van der Waals surface area contributed by atoms with Crippen molar-refractivity contribution in [1.29, 1.82) is 0 Å². The number of hydrogen-bond acceptors (Lipinski definition) is 4. The van der Waals surface area contributed by atoms with Gasteiger partial charge in [0.25, 0.3) is 0 Å². The number of benzene rings is 1. The molecule has 18 heavy (non-hydrogen) atoms. The fraction of sp³-hybridized carbons (Fsp3) is 0.538. The second-order valence-electron chi connectivity index (χ2n) is 4.65. The Kier molecular flexibility index (Phi) is 4.83. The van der Waals surface area contributed by atoms with Crippen molar-refractivity contribution in [2.24, 2.45) is 0 Å². The van der Waals surface area contributed by atoms with Crippen LogP contribution >= 0.6 is 11.6 Å². The van der Waals surface area contributed by atoms with Gasteiger partial charge < -0.3 is 20.3 Å². The van der Waals surface area contributed by atoms with E-state index >= 15 is 0 Å². The van der Waals surface area contributed by atoms with Crippen LogP contribution in [-0.2, 0) is 0 Å². The van der Waals surface area contributed by atoms with E-state index in [-0.39, 0.29) is 12.7 Å². The molecule has 0 heterocycles. The van der Waals surface area contributed by atoms with Gasteiger partial charge in [-0.3, -0.25) is 0 Å². The lowest BCUT2D eigenvalue weighted by Crippen LogP contribution is -2.47.